The van der Waals surface area contributed by atoms with Gasteiger partial charge in [-0.2, -0.15) is 0 Å². The van der Waals surface area contributed by atoms with E-state index in [2.05, 4.69) is 10.1 Å². The molecule has 0 aliphatic rings. The Kier molecular flexibility index (Phi) is 4.59. The van der Waals surface area contributed by atoms with Crippen LogP contribution in [0.1, 0.15) is 18.1 Å². The molecule has 1 rings (SSSR count). The third kappa shape index (κ3) is 3.36. The highest BCUT2D eigenvalue weighted by Gasteiger charge is 2.16. The molecule has 1 N–H and O–H groups in total. The van der Waals surface area contributed by atoms with E-state index >= 15 is 0 Å². The molecule has 0 bridgehead atoms. The van der Waals surface area contributed by atoms with E-state index in [1.165, 1.54) is 19.2 Å². The van der Waals surface area contributed by atoms with Crippen LogP contribution < -0.4 is 5.32 Å². The van der Waals surface area contributed by atoms with Gasteiger partial charge in [-0.25, -0.2) is 13.2 Å². The topological polar surface area (TPSA) is 72.5 Å². The molecule has 0 heterocycles. The molecular formula is C11H14ClNO4S. The van der Waals surface area contributed by atoms with Crippen LogP contribution in [0.15, 0.2) is 17.0 Å². The summed E-state index contributed by atoms with van der Waals surface area (Å²) in [6.07, 6.45) is -0.0465. The third-order valence-electron chi connectivity index (χ3n) is 2.47. The third-order valence-corrected chi connectivity index (χ3v) is 3.80. The first-order valence-corrected chi connectivity index (χ1v) is 7.53. The van der Waals surface area contributed by atoms with Crippen LogP contribution in [0, 0.1) is 6.92 Å². The Balaban J connectivity index is 3.33. The number of halogens is 1. The van der Waals surface area contributed by atoms with Gasteiger partial charge in [0.15, 0.2) is 0 Å². The van der Waals surface area contributed by atoms with Crippen LogP contribution in [-0.4, -0.2) is 21.6 Å². The summed E-state index contributed by atoms with van der Waals surface area (Å²) < 4.78 is 27.1. The largest absolute Gasteiger partial charge is 0.453 e. The SMILES string of the molecule is CCc1cc(S(=O)(=O)Cl)cc(C)c1NC(=O)OC. The molecule has 5 nitrogen and oxygen atoms in total. The number of rotatable bonds is 3. The predicted octanol–water partition coefficient (Wildman–Crippen LogP) is 2.66. The van der Waals surface area contributed by atoms with Crippen LogP contribution in [0.5, 0.6) is 0 Å². The van der Waals surface area contributed by atoms with Crippen molar-refractivity contribution in [1.82, 2.24) is 0 Å². The van der Waals surface area contributed by atoms with Gasteiger partial charge in [0, 0.05) is 10.7 Å². The molecule has 0 unspecified atom stereocenters. The van der Waals surface area contributed by atoms with Crippen LogP contribution >= 0.6 is 10.7 Å². The summed E-state index contributed by atoms with van der Waals surface area (Å²) in [5, 5.41) is 2.56. The zero-order valence-corrected chi connectivity index (χ0v) is 11.9. The van der Waals surface area contributed by atoms with Crippen molar-refractivity contribution in [2.75, 3.05) is 12.4 Å². The first-order chi connectivity index (χ1) is 8.29. The van der Waals surface area contributed by atoms with Gasteiger partial charge in [-0.15, -0.1) is 0 Å². The average Bonchev–Trinajstić information content (AvgIpc) is 2.29. The predicted molar refractivity (Wildman–Crippen MR) is 69.6 cm³/mol. The quantitative estimate of drug-likeness (QED) is 0.869. The standard InChI is InChI=1S/C11H14ClNO4S/c1-4-8-6-9(18(12,15)16)5-7(2)10(8)13-11(14)17-3/h5-6H,4H2,1-3H3,(H,13,14). The molecule has 1 aromatic rings. The highest BCUT2D eigenvalue weighted by Crippen LogP contribution is 2.27. The van der Waals surface area contributed by atoms with E-state index in [9.17, 15) is 13.2 Å². The van der Waals surface area contributed by atoms with Crippen LogP contribution in [-0.2, 0) is 20.2 Å². The zero-order chi connectivity index (χ0) is 13.9. The maximum absolute atomic E-state index is 11.3. The molecule has 18 heavy (non-hydrogen) atoms. The minimum absolute atomic E-state index is 0.0222. The lowest BCUT2D eigenvalue weighted by molar-refractivity contribution is 0.187. The molecule has 0 aliphatic carbocycles. The van der Waals surface area contributed by atoms with E-state index < -0.39 is 15.1 Å². The summed E-state index contributed by atoms with van der Waals surface area (Å²) in [4.78, 5) is 11.2. The van der Waals surface area contributed by atoms with Gasteiger partial charge in [-0.05, 0) is 36.6 Å². The van der Waals surface area contributed by atoms with Gasteiger partial charge in [0.25, 0.3) is 9.05 Å². The van der Waals surface area contributed by atoms with Crippen LogP contribution in [0.3, 0.4) is 0 Å². The Hall–Kier alpha value is -1.27. The molecule has 0 aromatic heterocycles. The van der Waals surface area contributed by atoms with Crippen LogP contribution in [0.4, 0.5) is 10.5 Å². The summed E-state index contributed by atoms with van der Waals surface area (Å²) in [5.41, 5.74) is 1.84. The van der Waals surface area contributed by atoms with E-state index in [1.807, 2.05) is 6.92 Å². The number of aryl methyl sites for hydroxylation is 2. The Morgan fingerprint density at radius 2 is 2.06 bits per heavy atom. The number of ether oxygens (including phenoxy) is 1. The Bertz CT molecular complexity index is 569. The fraction of sp³-hybridized carbons (Fsp3) is 0.364. The van der Waals surface area contributed by atoms with Gasteiger partial charge in [0.05, 0.1) is 17.7 Å². The summed E-state index contributed by atoms with van der Waals surface area (Å²) in [6, 6.07) is 2.85. The van der Waals surface area contributed by atoms with Gasteiger partial charge < -0.3 is 4.74 Å². The average molecular weight is 292 g/mol. The van der Waals surface area contributed by atoms with E-state index in [1.54, 1.807) is 6.92 Å². The fourth-order valence-corrected chi connectivity index (χ4v) is 2.44. The number of carbonyl (C=O) groups excluding carboxylic acids is 1. The molecule has 0 saturated carbocycles. The molecule has 1 amide bonds. The van der Waals surface area contributed by atoms with Crippen molar-refractivity contribution >= 4 is 31.5 Å². The Labute approximate surface area is 111 Å². The van der Waals surface area contributed by atoms with Crippen LogP contribution in [0.2, 0.25) is 0 Å². The first-order valence-electron chi connectivity index (χ1n) is 5.22. The van der Waals surface area contributed by atoms with Crippen LogP contribution in [0.25, 0.3) is 0 Å². The molecular weight excluding hydrogens is 278 g/mol. The first kappa shape index (κ1) is 14.8. The molecule has 0 radical (unpaired) electrons. The number of amides is 1. The van der Waals surface area contributed by atoms with Gasteiger partial charge in [-0.1, -0.05) is 6.92 Å². The molecule has 100 valence electrons. The lowest BCUT2D eigenvalue weighted by Crippen LogP contribution is -2.14. The van der Waals surface area contributed by atoms with E-state index in [0.717, 1.165) is 0 Å². The molecule has 0 aliphatic heterocycles. The summed E-state index contributed by atoms with van der Waals surface area (Å²) in [7, 11) is 2.78. The van der Waals surface area contributed by atoms with Crippen molar-refractivity contribution in [3.05, 3.63) is 23.3 Å². The number of anilines is 1. The lowest BCUT2D eigenvalue weighted by Gasteiger charge is -2.13. The number of hydrogen-bond acceptors (Lipinski definition) is 4. The number of hydrogen-bond donors (Lipinski definition) is 1. The highest BCUT2D eigenvalue weighted by molar-refractivity contribution is 8.13. The van der Waals surface area contributed by atoms with Gasteiger partial charge >= 0.3 is 6.09 Å². The molecule has 1 aromatic carbocycles. The van der Waals surface area contributed by atoms with Crippen molar-refractivity contribution in [3.63, 3.8) is 0 Å². The second-order valence-electron chi connectivity index (χ2n) is 3.68. The van der Waals surface area contributed by atoms with Gasteiger partial charge in [0.2, 0.25) is 0 Å². The van der Waals surface area contributed by atoms with Gasteiger partial charge in [-0.3, -0.25) is 5.32 Å². The number of carbonyl (C=O) groups is 1. The molecule has 0 fully saturated rings. The number of nitrogens with one attached hydrogen (secondary N) is 1. The van der Waals surface area contributed by atoms with E-state index in [-0.39, 0.29) is 4.90 Å². The maximum atomic E-state index is 11.3. The normalized spacial score (nSPS) is 11.1. The zero-order valence-electron chi connectivity index (χ0n) is 10.3. The molecule has 0 atom stereocenters. The van der Waals surface area contributed by atoms with Crippen molar-refractivity contribution < 1.29 is 17.9 Å². The highest BCUT2D eigenvalue weighted by atomic mass is 35.7. The molecule has 0 saturated heterocycles. The Morgan fingerprint density at radius 3 is 2.50 bits per heavy atom. The Morgan fingerprint density at radius 1 is 1.44 bits per heavy atom. The summed E-state index contributed by atoms with van der Waals surface area (Å²) >= 11 is 0. The summed E-state index contributed by atoms with van der Waals surface area (Å²) in [6.45, 7) is 3.54. The fourth-order valence-electron chi connectivity index (χ4n) is 1.58. The molecule has 7 heteroatoms. The lowest BCUT2D eigenvalue weighted by atomic mass is 10.1. The number of methoxy groups -OCH3 is 1. The minimum atomic E-state index is -3.78. The second kappa shape index (κ2) is 5.58. The van der Waals surface area contributed by atoms with Gasteiger partial charge in [0.1, 0.15) is 0 Å². The molecule has 0 spiro atoms. The van der Waals surface area contributed by atoms with Crippen molar-refractivity contribution in [2.45, 2.75) is 25.2 Å². The second-order valence-corrected chi connectivity index (χ2v) is 6.25. The van der Waals surface area contributed by atoms with Crippen molar-refractivity contribution in [3.8, 4) is 0 Å². The van der Waals surface area contributed by atoms with Crippen molar-refractivity contribution in [2.24, 2.45) is 0 Å². The monoisotopic (exact) mass is 291 g/mol. The van der Waals surface area contributed by atoms with E-state index in [4.69, 9.17) is 10.7 Å². The number of benzene rings is 1. The van der Waals surface area contributed by atoms with Crippen molar-refractivity contribution in [1.29, 1.82) is 0 Å². The summed E-state index contributed by atoms with van der Waals surface area (Å²) in [5.74, 6) is 0. The maximum Gasteiger partial charge on any atom is 0.411 e. The van der Waals surface area contributed by atoms with E-state index in [0.29, 0.717) is 23.2 Å². The minimum Gasteiger partial charge on any atom is -0.453 e. The smallest absolute Gasteiger partial charge is 0.411 e.